The van der Waals surface area contributed by atoms with Gasteiger partial charge in [-0.05, 0) is 24.3 Å². The largest absolute Gasteiger partial charge is 0.492 e. The first kappa shape index (κ1) is 15.4. The van der Waals surface area contributed by atoms with Crippen LogP contribution < -0.4 is 10.1 Å². The fourth-order valence-corrected chi connectivity index (χ4v) is 1.72. The lowest BCUT2D eigenvalue weighted by Gasteiger charge is -2.21. The molecule has 1 aromatic rings. The van der Waals surface area contributed by atoms with E-state index in [9.17, 15) is 0 Å². The van der Waals surface area contributed by atoms with Gasteiger partial charge in [0.1, 0.15) is 12.4 Å². The number of guanidine groups is 1. The number of rotatable bonds is 5. The van der Waals surface area contributed by atoms with Gasteiger partial charge in [-0.2, -0.15) is 0 Å². The van der Waals surface area contributed by atoms with Gasteiger partial charge < -0.3 is 15.0 Å². The second kappa shape index (κ2) is 8.44. The molecule has 0 unspecified atom stereocenters. The van der Waals surface area contributed by atoms with Crippen molar-refractivity contribution in [3.05, 3.63) is 28.7 Å². The highest BCUT2D eigenvalue weighted by molar-refractivity contribution is 9.10. The van der Waals surface area contributed by atoms with Crippen LogP contribution in [0.2, 0.25) is 0 Å². The Morgan fingerprint density at radius 2 is 2.16 bits per heavy atom. The van der Waals surface area contributed by atoms with Crippen molar-refractivity contribution < 1.29 is 4.74 Å². The maximum Gasteiger partial charge on any atom is 0.194 e. The first-order valence-electron chi connectivity index (χ1n) is 5.91. The van der Waals surface area contributed by atoms with Crippen LogP contribution in [-0.2, 0) is 0 Å². The molecule has 0 atom stereocenters. The Bertz CT molecular complexity index is 451. The minimum absolute atomic E-state index is 0.463. The summed E-state index contributed by atoms with van der Waals surface area (Å²) in [4.78, 5) is 6.11. The molecule has 0 bridgehead atoms. The highest BCUT2D eigenvalue weighted by Crippen LogP contribution is 2.15. The quantitative estimate of drug-likeness (QED) is 0.511. The normalized spacial score (nSPS) is 10.7. The van der Waals surface area contributed by atoms with Gasteiger partial charge in [0, 0.05) is 18.6 Å². The molecule has 5 heteroatoms. The van der Waals surface area contributed by atoms with E-state index in [0.717, 1.165) is 22.7 Å². The van der Waals surface area contributed by atoms with Crippen molar-refractivity contribution in [2.75, 3.05) is 33.8 Å². The smallest absolute Gasteiger partial charge is 0.194 e. The Hall–Kier alpha value is -1.67. The fraction of sp³-hybridized carbons (Fsp3) is 0.357. The number of likely N-dealkylation sites (N-methyl/N-ethyl adjacent to an activating group) is 1. The average Bonchev–Trinajstić information content (AvgIpc) is 2.42. The zero-order chi connectivity index (χ0) is 14.1. The van der Waals surface area contributed by atoms with Gasteiger partial charge in [0.2, 0.25) is 0 Å². The number of nitrogens with one attached hydrogen (secondary N) is 1. The van der Waals surface area contributed by atoms with Crippen LogP contribution in [0.25, 0.3) is 0 Å². The summed E-state index contributed by atoms with van der Waals surface area (Å²) in [6.07, 6.45) is 5.21. The van der Waals surface area contributed by atoms with Crippen molar-refractivity contribution in [2.24, 2.45) is 4.99 Å². The van der Waals surface area contributed by atoms with E-state index >= 15 is 0 Å². The molecule has 0 aliphatic carbocycles. The standard InChI is InChI=1S/C14H18BrN3O/c1-4-9-17-14(16-2)18(3)10-11-19-13-7-5-12(15)6-8-13/h1,5-8H,9-11H2,2-3H3,(H,16,17). The van der Waals surface area contributed by atoms with Crippen molar-refractivity contribution in [1.29, 1.82) is 0 Å². The SMILES string of the molecule is C#CCNC(=NC)N(C)CCOc1ccc(Br)cc1. The van der Waals surface area contributed by atoms with E-state index in [1.165, 1.54) is 0 Å². The van der Waals surface area contributed by atoms with Crippen LogP contribution in [-0.4, -0.2) is 44.7 Å². The molecule has 0 fully saturated rings. The Kier molecular flexibility index (Phi) is 6.83. The third-order valence-electron chi connectivity index (χ3n) is 2.43. The highest BCUT2D eigenvalue weighted by atomic mass is 79.9. The molecule has 0 heterocycles. The Balaban J connectivity index is 2.35. The third kappa shape index (κ3) is 5.66. The molecule has 4 nitrogen and oxygen atoms in total. The van der Waals surface area contributed by atoms with E-state index in [2.05, 4.69) is 32.2 Å². The minimum atomic E-state index is 0.463. The van der Waals surface area contributed by atoms with Gasteiger partial charge in [-0.15, -0.1) is 6.42 Å². The minimum Gasteiger partial charge on any atom is -0.492 e. The number of ether oxygens (including phenoxy) is 1. The second-order valence-corrected chi connectivity index (χ2v) is 4.74. The van der Waals surface area contributed by atoms with E-state index in [1.807, 2.05) is 36.2 Å². The van der Waals surface area contributed by atoms with Crippen LogP contribution in [0, 0.1) is 12.3 Å². The van der Waals surface area contributed by atoms with Crippen molar-refractivity contribution >= 4 is 21.9 Å². The molecule has 1 N–H and O–H groups in total. The van der Waals surface area contributed by atoms with Gasteiger partial charge >= 0.3 is 0 Å². The number of terminal acetylenes is 1. The first-order valence-corrected chi connectivity index (χ1v) is 6.70. The molecule has 0 saturated carbocycles. The Labute approximate surface area is 123 Å². The highest BCUT2D eigenvalue weighted by Gasteiger charge is 2.04. The summed E-state index contributed by atoms with van der Waals surface area (Å²) < 4.78 is 6.68. The topological polar surface area (TPSA) is 36.9 Å². The van der Waals surface area contributed by atoms with Gasteiger partial charge in [0.05, 0.1) is 13.1 Å². The van der Waals surface area contributed by atoms with Crippen molar-refractivity contribution in [3.63, 3.8) is 0 Å². The summed E-state index contributed by atoms with van der Waals surface area (Å²) in [6.45, 7) is 1.76. The maximum atomic E-state index is 5.65. The van der Waals surface area contributed by atoms with Crippen LogP contribution in [0.5, 0.6) is 5.75 Å². The maximum absolute atomic E-state index is 5.65. The van der Waals surface area contributed by atoms with Gasteiger partial charge in [0.25, 0.3) is 0 Å². The number of hydrogen-bond acceptors (Lipinski definition) is 2. The fourth-order valence-electron chi connectivity index (χ4n) is 1.45. The summed E-state index contributed by atoms with van der Waals surface area (Å²) in [5, 5.41) is 3.05. The predicted molar refractivity (Wildman–Crippen MR) is 82.5 cm³/mol. The van der Waals surface area contributed by atoms with Gasteiger partial charge in [0.15, 0.2) is 5.96 Å². The zero-order valence-electron chi connectivity index (χ0n) is 11.2. The summed E-state index contributed by atoms with van der Waals surface area (Å²) >= 11 is 3.39. The van der Waals surface area contributed by atoms with Crippen LogP contribution in [0.3, 0.4) is 0 Å². The number of benzene rings is 1. The summed E-state index contributed by atoms with van der Waals surface area (Å²) in [5.74, 6) is 4.13. The van der Waals surface area contributed by atoms with Crippen LogP contribution >= 0.6 is 15.9 Å². The molecule has 0 spiro atoms. The van der Waals surface area contributed by atoms with Crippen LogP contribution in [0.15, 0.2) is 33.7 Å². The molecule has 0 saturated heterocycles. The summed E-state index contributed by atoms with van der Waals surface area (Å²) in [5.41, 5.74) is 0. The van der Waals surface area contributed by atoms with Crippen molar-refractivity contribution in [3.8, 4) is 18.1 Å². The molecule has 0 aliphatic rings. The van der Waals surface area contributed by atoms with Gasteiger partial charge in [-0.3, -0.25) is 4.99 Å². The first-order chi connectivity index (χ1) is 9.17. The molecular formula is C14H18BrN3O. The van der Waals surface area contributed by atoms with E-state index < -0.39 is 0 Å². The lowest BCUT2D eigenvalue weighted by atomic mass is 10.3. The van der Waals surface area contributed by atoms with E-state index in [1.54, 1.807) is 7.05 Å². The number of halogens is 1. The third-order valence-corrected chi connectivity index (χ3v) is 2.96. The van der Waals surface area contributed by atoms with Crippen molar-refractivity contribution in [2.45, 2.75) is 0 Å². The Morgan fingerprint density at radius 3 is 2.74 bits per heavy atom. The molecular weight excluding hydrogens is 306 g/mol. The van der Waals surface area contributed by atoms with Crippen LogP contribution in [0.1, 0.15) is 0 Å². The van der Waals surface area contributed by atoms with Crippen LogP contribution in [0.4, 0.5) is 0 Å². The summed E-state index contributed by atoms with van der Waals surface area (Å²) in [7, 11) is 3.67. The van der Waals surface area contributed by atoms with E-state index in [0.29, 0.717) is 13.2 Å². The zero-order valence-corrected chi connectivity index (χ0v) is 12.8. The number of nitrogens with zero attached hydrogens (tertiary/aromatic N) is 2. The second-order valence-electron chi connectivity index (χ2n) is 3.83. The van der Waals surface area contributed by atoms with Crippen molar-refractivity contribution in [1.82, 2.24) is 10.2 Å². The van der Waals surface area contributed by atoms with E-state index in [4.69, 9.17) is 11.2 Å². The molecule has 0 aliphatic heterocycles. The van der Waals surface area contributed by atoms with E-state index in [-0.39, 0.29) is 0 Å². The molecule has 0 aromatic heterocycles. The molecule has 19 heavy (non-hydrogen) atoms. The average molecular weight is 324 g/mol. The molecule has 0 amide bonds. The Morgan fingerprint density at radius 1 is 1.47 bits per heavy atom. The lowest BCUT2D eigenvalue weighted by molar-refractivity contribution is 0.281. The monoisotopic (exact) mass is 323 g/mol. The predicted octanol–water partition coefficient (Wildman–Crippen LogP) is 1.97. The molecule has 1 rings (SSSR count). The van der Waals surface area contributed by atoms with Gasteiger partial charge in [-0.1, -0.05) is 21.9 Å². The molecule has 0 radical (unpaired) electrons. The molecule has 102 valence electrons. The molecule has 1 aromatic carbocycles. The van der Waals surface area contributed by atoms with Gasteiger partial charge in [-0.25, -0.2) is 0 Å². The number of hydrogen-bond donors (Lipinski definition) is 1. The lowest BCUT2D eigenvalue weighted by Crippen LogP contribution is -2.40. The number of aliphatic imine (C=N–C) groups is 1. The summed E-state index contributed by atoms with van der Waals surface area (Å²) in [6, 6.07) is 7.75.